The first-order valence-electron chi connectivity index (χ1n) is 6.28. The Morgan fingerprint density at radius 2 is 2.29 bits per heavy atom. The number of amides is 2. The second-order valence-corrected chi connectivity index (χ2v) is 6.70. The summed E-state index contributed by atoms with van der Waals surface area (Å²) in [7, 11) is 0. The van der Waals surface area contributed by atoms with Gasteiger partial charge in [-0.2, -0.15) is 0 Å². The lowest BCUT2D eigenvalue weighted by atomic mass is 10.2. The highest BCUT2D eigenvalue weighted by molar-refractivity contribution is 8.00. The van der Waals surface area contributed by atoms with E-state index in [1.807, 2.05) is 13.8 Å². The van der Waals surface area contributed by atoms with Gasteiger partial charge in [0.25, 0.3) is 5.69 Å². The predicted octanol–water partition coefficient (Wildman–Crippen LogP) is 1.84. The molecule has 0 aromatic heterocycles. The predicted molar refractivity (Wildman–Crippen MR) is 80.0 cm³/mol. The Balaban J connectivity index is 2.13. The number of hydrogen-bond acceptors (Lipinski definition) is 5. The van der Waals surface area contributed by atoms with Gasteiger partial charge in [-0.1, -0.05) is 6.07 Å². The summed E-state index contributed by atoms with van der Waals surface area (Å²) in [4.78, 5) is 34.6. The minimum Gasteiger partial charge on any atom is -0.324 e. The van der Waals surface area contributed by atoms with Crippen LogP contribution in [0.25, 0.3) is 0 Å². The molecular weight excluding hydrogens is 294 g/mol. The fourth-order valence-electron chi connectivity index (χ4n) is 2.14. The SMILES string of the molecule is CC1(C)SC[C@@H](C(=O)Nc2cccc([N+](=O)[O-])c2)N1C=O. The summed E-state index contributed by atoms with van der Waals surface area (Å²) in [5, 5.41) is 13.3. The number of rotatable bonds is 4. The van der Waals surface area contributed by atoms with Crippen molar-refractivity contribution < 1.29 is 14.5 Å². The molecule has 1 heterocycles. The van der Waals surface area contributed by atoms with E-state index in [4.69, 9.17) is 0 Å². The minimum absolute atomic E-state index is 0.0961. The second kappa shape index (κ2) is 5.72. The summed E-state index contributed by atoms with van der Waals surface area (Å²) in [6.45, 7) is 3.74. The van der Waals surface area contributed by atoms with Crippen molar-refractivity contribution in [2.24, 2.45) is 0 Å². The summed E-state index contributed by atoms with van der Waals surface area (Å²) >= 11 is 1.51. The molecule has 0 bridgehead atoms. The van der Waals surface area contributed by atoms with Gasteiger partial charge in [0.1, 0.15) is 6.04 Å². The molecule has 0 aliphatic carbocycles. The van der Waals surface area contributed by atoms with E-state index in [0.717, 1.165) is 0 Å². The van der Waals surface area contributed by atoms with Crippen LogP contribution in [-0.2, 0) is 9.59 Å². The fraction of sp³-hybridized carbons (Fsp3) is 0.385. The Labute approximate surface area is 125 Å². The number of carbonyl (C=O) groups excluding carboxylic acids is 2. The van der Waals surface area contributed by atoms with Crippen LogP contribution < -0.4 is 5.32 Å². The normalized spacial score (nSPS) is 20.1. The third-order valence-electron chi connectivity index (χ3n) is 3.29. The molecule has 1 aliphatic heterocycles. The number of carbonyl (C=O) groups is 2. The van der Waals surface area contributed by atoms with Crippen molar-refractivity contribution in [1.29, 1.82) is 0 Å². The van der Waals surface area contributed by atoms with Crippen molar-refractivity contribution in [2.75, 3.05) is 11.1 Å². The van der Waals surface area contributed by atoms with Gasteiger partial charge >= 0.3 is 0 Å². The molecule has 112 valence electrons. The molecule has 0 spiro atoms. The van der Waals surface area contributed by atoms with Crippen molar-refractivity contribution in [2.45, 2.75) is 24.8 Å². The maximum atomic E-state index is 12.3. The van der Waals surface area contributed by atoms with E-state index in [-0.39, 0.29) is 11.6 Å². The third kappa shape index (κ3) is 3.15. The first-order chi connectivity index (χ1) is 9.85. The monoisotopic (exact) mass is 309 g/mol. The summed E-state index contributed by atoms with van der Waals surface area (Å²) in [6, 6.07) is 5.13. The van der Waals surface area contributed by atoms with Gasteiger partial charge in [0.2, 0.25) is 12.3 Å². The molecule has 8 heteroatoms. The lowest BCUT2D eigenvalue weighted by Crippen LogP contribution is -2.47. The van der Waals surface area contributed by atoms with Crippen LogP contribution >= 0.6 is 11.8 Å². The summed E-state index contributed by atoms with van der Waals surface area (Å²) < 4.78 is 0. The highest BCUT2D eigenvalue weighted by Crippen LogP contribution is 2.37. The Morgan fingerprint density at radius 3 is 2.90 bits per heavy atom. The maximum Gasteiger partial charge on any atom is 0.271 e. The quantitative estimate of drug-likeness (QED) is 0.520. The standard InChI is InChI=1S/C13H15N3O4S/c1-13(2)15(8-17)11(7-21-13)12(18)14-9-4-3-5-10(6-9)16(19)20/h3-6,8,11H,7H2,1-2H3,(H,14,18)/t11-/m0/s1. The molecule has 0 radical (unpaired) electrons. The molecule has 2 amide bonds. The molecule has 1 aromatic carbocycles. The van der Waals surface area contributed by atoms with Crippen LogP contribution in [0.15, 0.2) is 24.3 Å². The largest absolute Gasteiger partial charge is 0.324 e. The Hall–Kier alpha value is -2.09. The molecule has 1 aliphatic rings. The number of anilines is 1. The number of thioether (sulfide) groups is 1. The maximum absolute atomic E-state index is 12.3. The number of non-ortho nitro benzene ring substituents is 1. The lowest BCUT2D eigenvalue weighted by Gasteiger charge is -2.30. The van der Waals surface area contributed by atoms with Crippen LogP contribution in [0.3, 0.4) is 0 Å². The van der Waals surface area contributed by atoms with Crippen molar-refractivity contribution in [3.8, 4) is 0 Å². The van der Waals surface area contributed by atoms with Crippen LogP contribution in [0.5, 0.6) is 0 Å². The molecule has 1 saturated heterocycles. The number of nitro benzene ring substituents is 1. The summed E-state index contributed by atoms with van der Waals surface area (Å²) in [6.07, 6.45) is 0.664. The molecule has 1 aromatic rings. The molecule has 1 fully saturated rings. The molecular formula is C13H15N3O4S. The van der Waals surface area contributed by atoms with Gasteiger partial charge in [-0.3, -0.25) is 19.7 Å². The zero-order valence-corrected chi connectivity index (χ0v) is 12.4. The van der Waals surface area contributed by atoms with Crippen molar-refractivity contribution in [3.05, 3.63) is 34.4 Å². The number of nitrogens with one attached hydrogen (secondary N) is 1. The number of nitro groups is 1. The smallest absolute Gasteiger partial charge is 0.271 e. The summed E-state index contributed by atoms with van der Waals surface area (Å²) in [5.41, 5.74) is 0.246. The van der Waals surface area contributed by atoms with E-state index in [2.05, 4.69) is 5.32 Å². The number of hydrogen-bond donors (Lipinski definition) is 1. The van der Waals surface area contributed by atoms with E-state index >= 15 is 0 Å². The molecule has 21 heavy (non-hydrogen) atoms. The van der Waals surface area contributed by atoms with Gasteiger partial charge in [-0.05, 0) is 19.9 Å². The molecule has 2 rings (SSSR count). The van der Waals surface area contributed by atoms with Crippen LogP contribution in [0.1, 0.15) is 13.8 Å². The third-order valence-corrected chi connectivity index (χ3v) is 4.69. The average Bonchev–Trinajstić information content (AvgIpc) is 2.73. The Morgan fingerprint density at radius 1 is 1.57 bits per heavy atom. The number of benzene rings is 1. The van der Waals surface area contributed by atoms with Gasteiger partial charge in [-0.15, -0.1) is 11.8 Å². The first-order valence-corrected chi connectivity index (χ1v) is 7.27. The van der Waals surface area contributed by atoms with Gasteiger partial charge in [-0.25, -0.2) is 0 Å². The van der Waals surface area contributed by atoms with Gasteiger partial charge < -0.3 is 10.2 Å². The zero-order valence-electron chi connectivity index (χ0n) is 11.6. The minimum atomic E-state index is -0.582. The van der Waals surface area contributed by atoms with Gasteiger partial charge in [0.15, 0.2) is 0 Å². The van der Waals surface area contributed by atoms with Gasteiger partial charge in [0, 0.05) is 23.6 Å². The van der Waals surface area contributed by atoms with Crippen LogP contribution in [0, 0.1) is 10.1 Å². The van der Waals surface area contributed by atoms with Crippen LogP contribution in [0.2, 0.25) is 0 Å². The lowest BCUT2D eigenvalue weighted by molar-refractivity contribution is -0.384. The average molecular weight is 309 g/mol. The molecule has 0 unspecified atom stereocenters. The zero-order chi connectivity index (χ0) is 15.6. The van der Waals surface area contributed by atoms with E-state index in [1.165, 1.54) is 34.9 Å². The van der Waals surface area contributed by atoms with E-state index in [0.29, 0.717) is 17.9 Å². The highest BCUT2D eigenvalue weighted by atomic mass is 32.2. The van der Waals surface area contributed by atoms with Crippen molar-refractivity contribution in [1.82, 2.24) is 4.90 Å². The molecule has 7 nitrogen and oxygen atoms in total. The van der Waals surface area contributed by atoms with Crippen molar-refractivity contribution >= 4 is 35.5 Å². The molecule has 0 saturated carbocycles. The first kappa shape index (κ1) is 15.3. The van der Waals surface area contributed by atoms with E-state index < -0.39 is 15.8 Å². The summed E-state index contributed by atoms with van der Waals surface area (Å²) in [5.74, 6) is 0.146. The fourth-order valence-corrected chi connectivity index (χ4v) is 3.34. The molecule has 1 atom stereocenters. The highest BCUT2D eigenvalue weighted by Gasteiger charge is 2.42. The van der Waals surface area contributed by atoms with Crippen LogP contribution in [-0.4, -0.2) is 38.8 Å². The van der Waals surface area contributed by atoms with Gasteiger partial charge in [0.05, 0.1) is 9.79 Å². The van der Waals surface area contributed by atoms with Crippen molar-refractivity contribution in [3.63, 3.8) is 0 Å². The van der Waals surface area contributed by atoms with Crippen LogP contribution in [0.4, 0.5) is 11.4 Å². The second-order valence-electron chi connectivity index (χ2n) is 5.08. The van der Waals surface area contributed by atoms with E-state index in [9.17, 15) is 19.7 Å². The Bertz CT molecular complexity index is 591. The Kier molecular flexibility index (Phi) is 4.17. The topological polar surface area (TPSA) is 92.5 Å². The van der Waals surface area contributed by atoms with E-state index in [1.54, 1.807) is 6.07 Å². The molecule has 1 N–H and O–H groups in total. The number of nitrogens with zero attached hydrogens (tertiary/aromatic N) is 2.